The molecule has 1 aromatic heterocycles. The van der Waals surface area contributed by atoms with E-state index >= 15 is 0 Å². The first-order chi connectivity index (χ1) is 16.7. The van der Waals surface area contributed by atoms with Gasteiger partial charge in [-0.15, -0.1) is 0 Å². The number of fused-ring (bicyclic) bond motifs is 1. The van der Waals surface area contributed by atoms with Gasteiger partial charge in [0, 0.05) is 32.2 Å². The van der Waals surface area contributed by atoms with Crippen LogP contribution in [0.1, 0.15) is 46.9 Å². The van der Waals surface area contributed by atoms with Crippen molar-refractivity contribution in [3.8, 4) is 0 Å². The number of pyridine rings is 1. The Labute approximate surface area is 203 Å². The van der Waals surface area contributed by atoms with Crippen molar-refractivity contribution in [2.45, 2.75) is 38.8 Å². The zero-order valence-corrected chi connectivity index (χ0v) is 20.4. The van der Waals surface area contributed by atoms with Gasteiger partial charge in [-0.25, -0.2) is 8.78 Å². The molecular weight excluding hydrogens is 450 g/mol. The lowest BCUT2D eigenvalue weighted by Gasteiger charge is -2.35. The van der Waals surface area contributed by atoms with E-state index in [0.29, 0.717) is 17.1 Å². The second-order valence-corrected chi connectivity index (χ2v) is 9.25. The molecule has 0 bridgehead atoms. The Hall–Kier alpha value is -3.55. The topological polar surface area (TPSA) is 66.7 Å². The number of halogens is 2. The van der Waals surface area contributed by atoms with Crippen molar-refractivity contribution in [2.24, 2.45) is 10.9 Å². The van der Waals surface area contributed by atoms with Crippen LogP contribution in [0.4, 0.5) is 8.78 Å². The summed E-state index contributed by atoms with van der Waals surface area (Å²) in [5.41, 5.74) is 0.822. The summed E-state index contributed by atoms with van der Waals surface area (Å²) < 4.78 is 30.3. The van der Waals surface area contributed by atoms with Gasteiger partial charge in [0.2, 0.25) is 0 Å². The lowest BCUT2D eigenvalue weighted by atomic mass is 9.77. The standard InChI is InChI=1S/C27H30F2N4O2/c1-16-23(26(34)31-25(17-8-5-9-17)18-10-6-11-19(28)14-18)20-12-7-13-21(29)24(20)27(35)33(16)15-22(30-2)32(3)4/h6-7,10-14,17,25H,5,8-9,15H2,1-4H3,(H,31,34)/t25-/m0/s1. The summed E-state index contributed by atoms with van der Waals surface area (Å²) in [6.45, 7) is 1.78. The Morgan fingerprint density at radius 2 is 1.91 bits per heavy atom. The molecule has 1 aliphatic rings. The lowest BCUT2D eigenvalue weighted by molar-refractivity contribution is 0.0900. The highest BCUT2D eigenvalue weighted by atomic mass is 19.1. The van der Waals surface area contributed by atoms with E-state index in [1.165, 1.54) is 28.8 Å². The van der Waals surface area contributed by atoms with Crippen LogP contribution in [0, 0.1) is 24.5 Å². The summed E-state index contributed by atoms with van der Waals surface area (Å²) in [4.78, 5) is 33.1. The monoisotopic (exact) mass is 480 g/mol. The van der Waals surface area contributed by atoms with E-state index in [1.54, 1.807) is 51.2 Å². The number of carbonyl (C=O) groups excluding carboxylic acids is 1. The van der Waals surface area contributed by atoms with Crippen molar-refractivity contribution >= 4 is 22.5 Å². The number of aromatic nitrogens is 1. The fourth-order valence-electron chi connectivity index (χ4n) is 4.76. The number of amidine groups is 1. The maximum Gasteiger partial charge on any atom is 0.262 e. The van der Waals surface area contributed by atoms with E-state index in [4.69, 9.17) is 0 Å². The highest BCUT2D eigenvalue weighted by Gasteiger charge is 2.32. The number of carbonyl (C=O) groups is 1. The number of hydrogen-bond donors (Lipinski definition) is 1. The zero-order chi connectivity index (χ0) is 25.3. The smallest absolute Gasteiger partial charge is 0.262 e. The van der Waals surface area contributed by atoms with E-state index in [1.807, 2.05) is 0 Å². The van der Waals surface area contributed by atoms with Crippen molar-refractivity contribution in [1.29, 1.82) is 0 Å². The van der Waals surface area contributed by atoms with Crippen LogP contribution in [0.25, 0.3) is 10.8 Å². The molecule has 0 radical (unpaired) electrons. The molecule has 4 rings (SSSR count). The van der Waals surface area contributed by atoms with Crippen molar-refractivity contribution in [3.63, 3.8) is 0 Å². The highest BCUT2D eigenvalue weighted by molar-refractivity contribution is 6.08. The summed E-state index contributed by atoms with van der Waals surface area (Å²) in [6, 6.07) is 10.2. The summed E-state index contributed by atoms with van der Waals surface area (Å²) in [7, 11) is 5.23. The Bertz CT molecular complexity index is 1360. The Morgan fingerprint density at radius 1 is 1.20 bits per heavy atom. The minimum atomic E-state index is -0.684. The predicted molar refractivity (Wildman–Crippen MR) is 134 cm³/mol. The van der Waals surface area contributed by atoms with Crippen molar-refractivity contribution in [2.75, 3.05) is 21.1 Å². The van der Waals surface area contributed by atoms with Crippen LogP contribution < -0.4 is 10.9 Å². The number of aliphatic imine (C=N–C) groups is 1. The van der Waals surface area contributed by atoms with Gasteiger partial charge in [0.1, 0.15) is 17.5 Å². The van der Waals surface area contributed by atoms with E-state index in [9.17, 15) is 18.4 Å². The first kappa shape index (κ1) is 24.6. The predicted octanol–water partition coefficient (Wildman–Crippen LogP) is 4.45. The fourth-order valence-corrected chi connectivity index (χ4v) is 4.76. The molecule has 1 heterocycles. The molecule has 0 aliphatic heterocycles. The number of nitrogens with zero attached hydrogens (tertiary/aromatic N) is 3. The van der Waals surface area contributed by atoms with E-state index in [2.05, 4.69) is 10.3 Å². The van der Waals surface area contributed by atoms with Gasteiger partial charge in [-0.05, 0) is 49.4 Å². The molecule has 8 heteroatoms. The Morgan fingerprint density at radius 3 is 2.51 bits per heavy atom. The minimum absolute atomic E-state index is 0.0919. The number of nitrogens with one attached hydrogen (secondary N) is 1. The normalized spacial score (nSPS) is 15.1. The minimum Gasteiger partial charge on any atom is -0.365 e. The van der Waals surface area contributed by atoms with Crippen molar-refractivity contribution < 1.29 is 13.6 Å². The summed E-state index contributed by atoms with van der Waals surface area (Å²) in [5.74, 6) is -0.691. The molecule has 0 unspecified atom stereocenters. The maximum absolute atomic E-state index is 14.9. The average Bonchev–Trinajstić information content (AvgIpc) is 2.77. The molecule has 35 heavy (non-hydrogen) atoms. The second-order valence-electron chi connectivity index (χ2n) is 9.25. The molecule has 2 aromatic carbocycles. The van der Waals surface area contributed by atoms with Crippen molar-refractivity contribution in [1.82, 2.24) is 14.8 Å². The number of hydrogen-bond acceptors (Lipinski definition) is 3. The number of amides is 1. The zero-order valence-electron chi connectivity index (χ0n) is 20.4. The van der Waals surface area contributed by atoms with Gasteiger partial charge in [-0.1, -0.05) is 30.7 Å². The molecule has 1 aliphatic carbocycles. The molecular formula is C27H30F2N4O2. The van der Waals surface area contributed by atoms with Gasteiger partial charge >= 0.3 is 0 Å². The highest BCUT2D eigenvalue weighted by Crippen LogP contribution is 2.38. The van der Waals surface area contributed by atoms with E-state index in [0.717, 1.165) is 19.3 Å². The average molecular weight is 481 g/mol. The summed E-state index contributed by atoms with van der Waals surface area (Å²) >= 11 is 0. The van der Waals surface area contributed by atoms with Gasteiger partial charge in [-0.3, -0.25) is 14.6 Å². The van der Waals surface area contributed by atoms with Gasteiger partial charge in [0.05, 0.1) is 23.5 Å². The molecule has 1 fully saturated rings. The molecule has 1 saturated carbocycles. The first-order valence-electron chi connectivity index (χ1n) is 11.7. The van der Waals surface area contributed by atoms with Gasteiger partial charge in [0.25, 0.3) is 11.5 Å². The van der Waals surface area contributed by atoms with Crippen LogP contribution in [0.15, 0.2) is 52.3 Å². The number of likely N-dealkylation sites (N-methyl/N-ethyl adjacent to an activating group) is 1. The second kappa shape index (κ2) is 9.98. The molecule has 1 atom stereocenters. The van der Waals surface area contributed by atoms with E-state index in [-0.39, 0.29) is 40.7 Å². The molecule has 1 N–H and O–H groups in total. The third kappa shape index (κ3) is 4.70. The van der Waals surface area contributed by atoms with Crippen LogP contribution >= 0.6 is 0 Å². The van der Waals surface area contributed by atoms with Crippen molar-refractivity contribution in [3.05, 3.63) is 81.3 Å². The fraction of sp³-hybridized carbons (Fsp3) is 0.370. The molecule has 0 saturated heterocycles. The van der Waals surface area contributed by atoms with Crippen LogP contribution in [0.3, 0.4) is 0 Å². The maximum atomic E-state index is 14.9. The number of benzene rings is 2. The lowest BCUT2D eigenvalue weighted by Crippen LogP contribution is -2.39. The number of rotatable bonds is 6. The van der Waals surface area contributed by atoms with Crippen LogP contribution in [-0.2, 0) is 6.54 Å². The molecule has 0 spiro atoms. The van der Waals surface area contributed by atoms with Gasteiger partial charge in [-0.2, -0.15) is 0 Å². The Kier molecular flexibility index (Phi) is 7.00. The SMILES string of the molecule is CN=C(Cn1c(C)c(C(=O)N[C@H](c2cccc(F)c2)C2CCC2)c2cccc(F)c2c1=O)N(C)C. The first-order valence-corrected chi connectivity index (χ1v) is 11.7. The molecule has 184 valence electrons. The third-order valence-electron chi connectivity index (χ3n) is 6.93. The summed E-state index contributed by atoms with van der Waals surface area (Å²) in [6.07, 6.45) is 2.90. The molecule has 1 amide bonds. The molecule has 6 nitrogen and oxygen atoms in total. The van der Waals surface area contributed by atoms with E-state index < -0.39 is 17.3 Å². The third-order valence-corrected chi connectivity index (χ3v) is 6.93. The Balaban J connectivity index is 1.85. The molecule has 3 aromatic rings. The largest absolute Gasteiger partial charge is 0.365 e. The van der Waals surface area contributed by atoms with Crippen LogP contribution in [0.5, 0.6) is 0 Å². The van der Waals surface area contributed by atoms with Crippen LogP contribution in [0.2, 0.25) is 0 Å². The van der Waals surface area contributed by atoms with Gasteiger partial charge < -0.3 is 14.8 Å². The van der Waals surface area contributed by atoms with Gasteiger partial charge in [0.15, 0.2) is 0 Å². The quantitative estimate of drug-likeness (QED) is 0.419. The van der Waals surface area contributed by atoms with Crippen LogP contribution in [-0.4, -0.2) is 42.4 Å². The summed E-state index contributed by atoms with van der Waals surface area (Å²) in [5, 5.41) is 3.21.